The second-order valence-corrected chi connectivity index (χ2v) is 9.57. The van der Waals surface area contributed by atoms with Crippen LogP contribution < -0.4 is 14.8 Å². The monoisotopic (exact) mass is 434 g/mol. The molecular formula is C20H22N2O5S2. The summed E-state index contributed by atoms with van der Waals surface area (Å²) in [4.78, 5) is 14.0. The van der Waals surface area contributed by atoms with Crippen LogP contribution in [0.2, 0.25) is 0 Å². The maximum atomic E-state index is 13.2. The number of anilines is 1. The molecule has 2 aromatic rings. The predicted octanol–water partition coefficient (Wildman–Crippen LogP) is 2.97. The van der Waals surface area contributed by atoms with E-state index in [0.29, 0.717) is 49.8 Å². The van der Waals surface area contributed by atoms with Gasteiger partial charge in [-0.1, -0.05) is 0 Å². The second-order valence-electron chi connectivity index (χ2n) is 6.80. The van der Waals surface area contributed by atoms with Crippen molar-refractivity contribution >= 4 is 33.4 Å². The Bertz CT molecular complexity index is 1010. The Kier molecular flexibility index (Phi) is 5.71. The summed E-state index contributed by atoms with van der Waals surface area (Å²) in [6, 6.07) is 11.3. The van der Waals surface area contributed by atoms with Crippen molar-refractivity contribution < 1.29 is 22.7 Å². The Morgan fingerprint density at radius 1 is 1.10 bits per heavy atom. The minimum atomic E-state index is -3.84. The number of ether oxygens (including phenoxy) is 2. The molecule has 0 aliphatic carbocycles. The maximum Gasteiger partial charge on any atom is 0.243 e. The second kappa shape index (κ2) is 8.25. The van der Waals surface area contributed by atoms with Gasteiger partial charge in [0.2, 0.25) is 15.9 Å². The van der Waals surface area contributed by atoms with Gasteiger partial charge in [0.1, 0.15) is 19.3 Å². The highest BCUT2D eigenvalue weighted by molar-refractivity contribution is 7.98. The summed E-state index contributed by atoms with van der Waals surface area (Å²) >= 11 is 1.61. The first-order valence-electron chi connectivity index (χ1n) is 9.35. The number of fused-ring (bicyclic) bond motifs is 1. The average molecular weight is 435 g/mol. The summed E-state index contributed by atoms with van der Waals surface area (Å²) < 4.78 is 38.7. The number of hydrogen-bond donors (Lipinski definition) is 1. The molecule has 7 nitrogen and oxygen atoms in total. The zero-order valence-corrected chi connectivity index (χ0v) is 17.6. The molecule has 0 radical (unpaired) electrons. The molecule has 9 heteroatoms. The van der Waals surface area contributed by atoms with Crippen LogP contribution in [-0.2, 0) is 14.8 Å². The van der Waals surface area contributed by atoms with Gasteiger partial charge in [-0.3, -0.25) is 4.79 Å². The van der Waals surface area contributed by atoms with Gasteiger partial charge in [-0.05, 0) is 55.5 Å². The number of hydrogen-bond acceptors (Lipinski definition) is 6. The van der Waals surface area contributed by atoms with Crippen molar-refractivity contribution in [3.05, 3.63) is 42.5 Å². The molecule has 1 fully saturated rings. The van der Waals surface area contributed by atoms with E-state index in [1.165, 1.54) is 16.4 Å². The summed E-state index contributed by atoms with van der Waals surface area (Å²) in [6.45, 7) is 1.12. The molecule has 0 spiro atoms. The van der Waals surface area contributed by atoms with Gasteiger partial charge in [0.15, 0.2) is 11.5 Å². The number of nitrogens with zero attached hydrogens (tertiary/aromatic N) is 1. The van der Waals surface area contributed by atoms with Crippen molar-refractivity contribution in [1.29, 1.82) is 0 Å². The van der Waals surface area contributed by atoms with Crippen LogP contribution in [0, 0.1) is 0 Å². The molecule has 4 rings (SSSR count). The van der Waals surface area contributed by atoms with Crippen LogP contribution in [-0.4, -0.2) is 50.7 Å². The van der Waals surface area contributed by atoms with Gasteiger partial charge < -0.3 is 14.8 Å². The third kappa shape index (κ3) is 4.08. The number of rotatable bonds is 5. The van der Waals surface area contributed by atoms with Gasteiger partial charge in [0.25, 0.3) is 0 Å². The van der Waals surface area contributed by atoms with Crippen molar-refractivity contribution in [3.8, 4) is 11.5 Å². The van der Waals surface area contributed by atoms with Crippen molar-refractivity contribution in [2.75, 3.05) is 31.3 Å². The fraction of sp³-hybridized carbons (Fsp3) is 0.350. The Morgan fingerprint density at radius 2 is 1.83 bits per heavy atom. The summed E-state index contributed by atoms with van der Waals surface area (Å²) in [7, 11) is -3.84. The third-order valence-corrected chi connectivity index (χ3v) is 7.63. The van der Waals surface area contributed by atoms with Gasteiger partial charge in [-0.2, -0.15) is 4.31 Å². The maximum absolute atomic E-state index is 13.2. The van der Waals surface area contributed by atoms with Crippen LogP contribution in [0.1, 0.15) is 12.8 Å². The average Bonchev–Trinajstić information content (AvgIpc) is 3.25. The van der Waals surface area contributed by atoms with E-state index in [1.54, 1.807) is 17.8 Å². The van der Waals surface area contributed by atoms with E-state index in [1.807, 2.05) is 30.5 Å². The van der Waals surface area contributed by atoms with E-state index in [4.69, 9.17) is 9.47 Å². The molecule has 1 saturated heterocycles. The molecule has 2 aliphatic rings. The van der Waals surface area contributed by atoms with Gasteiger partial charge in [-0.15, -0.1) is 11.8 Å². The molecule has 0 unspecified atom stereocenters. The number of carbonyl (C=O) groups is 1. The third-order valence-electron chi connectivity index (χ3n) is 4.98. The lowest BCUT2D eigenvalue weighted by Gasteiger charge is -2.24. The van der Waals surface area contributed by atoms with Crippen LogP contribution >= 0.6 is 11.8 Å². The first-order chi connectivity index (χ1) is 14.0. The first kappa shape index (κ1) is 20.1. The summed E-state index contributed by atoms with van der Waals surface area (Å²) in [6.07, 6.45) is 3.10. The topological polar surface area (TPSA) is 84.9 Å². The molecule has 1 amide bonds. The minimum Gasteiger partial charge on any atom is -0.486 e. The van der Waals surface area contributed by atoms with Gasteiger partial charge >= 0.3 is 0 Å². The summed E-state index contributed by atoms with van der Waals surface area (Å²) in [5.41, 5.74) is 0.649. The first-order valence-corrected chi connectivity index (χ1v) is 12.0. The fourth-order valence-corrected chi connectivity index (χ4v) is 5.59. The number of benzene rings is 2. The van der Waals surface area contributed by atoms with Crippen LogP contribution in [0.4, 0.5) is 5.69 Å². The van der Waals surface area contributed by atoms with Gasteiger partial charge in [0.05, 0.1) is 4.90 Å². The lowest BCUT2D eigenvalue weighted by atomic mass is 10.2. The molecule has 2 aromatic carbocycles. The minimum absolute atomic E-state index is 0.103. The molecule has 2 aliphatic heterocycles. The Morgan fingerprint density at radius 3 is 2.55 bits per heavy atom. The number of thioether (sulfide) groups is 1. The summed E-state index contributed by atoms with van der Waals surface area (Å²) in [5, 5.41) is 2.84. The molecule has 0 aromatic heterocycles. The molecule has 1 N–H and O–H groups in total. The normalized spacial score (nSPS) is 19.1. The number of sulfonamides is 1. The van der Waals surface area contributed by atoms with E-state index in [9.17, 15) is 13.2 Å². The van der Waals surface area contributed by atoms with Crippen molar-refractivity contribution in [2.24, 2.45) is 0 Å². The summed E-state index contributed by atoms with van der Waals surface area (Å²) in [5.74, 6) is 0.617. The highest BCUT2D eigenvalue weighted by Crippen LogP contribution is 2.35. The van der Waals surface area contributed by atoms with Gasteiger partial charge in [-0.25, -0.2) is 8.42 Å². The molecule has 2 heterocycles. The molecule has 0 bridgehead atoms. The Labute approximate surface area is 174 Å². The number of nitrogens with one attached hydrogen (secondary N) is 1. The van der Waals surface area contributed by atoms with E-state index in [0.717, 1.165) is 4.90 Å². The Balaban J connectivity index is 1.54. The molecular weight excluding hydrogens is 412 g/mol. The largest absolute Gasteiger partial charge is 0.486 e. The van der Waals surface area contributed by atoms with E-state index in [2.05, 4.69) is 5.32 Å². The standard InChI is InChI=1S/C20H22N2O5S2/c1-28-15-6-4-14(5-7-15)21-20(23)17-3-2-10-22(17)29(24,25)16-8-9-18-19(13-16)27-12-11-26-18/h4-9,13,17H,2-3,10-12H2,1H3,(H,21,23)/t17-/m0/s1. The zero-order chi connectivity index (χ0) is 20.4. The predicted molar refractivity (Wildman–Crippen MR) is 111 cm³/mol. The fourth-order valence-electron chi connectivity index (χ4n) is 3.51. The van der Waals surface area contributed by atoms with E-state index < -0.39 is 16.1 Å². The van der Waals surface area contributed by atoms with Crippen molar-refractivity contribution in [1.82, 2.24) is 4.31 Å². The van der Waals surface area contributed by atoms with Gasteiger partial charge in [0, 0.05) is 23.2 Å². The Hall–Kier alpha value is -2.23. The zero-order valence-electron chi connectivity index (χ0n) is 16.0. The quantitative estimate of drug-likeness (QED) is 0.729. The van der Waals surface area contributed by atoms with Crippen LogP contribution in [0.25, 0.3) is 0 Å². The molecule has 154 valence electrons. The van der Waals surface area contributed by atoms with Crippen LogP contribution in [0.5, 0.6) is 11.5 Å². The highest BCUT2D eigenvalue weighted by atomic mass is 32.2. The number of amides is 1. The molecule has 0 saturated carbocycles. The van der Waals surface area contributed by atoms with Crippen LogP contribution in [0.15, 0.2) is 52.3 Å². The van der Waals surface area contributed by atoms with E-state index in [-0.39, 0.29) is 10.8 Å². The highest BCUT2D eigenvalue weighted by Gasteiger charge is 2.39. The lowest BCUT2D eigenvalue weighted by Crippen LogP contribution is -2.43. The lowest BCUT2D eigenvalue weighted by molar-refractivity contribution is -0.119. The number of carbonyl (C=O) groups excluding carboxylic acids is 1. The SMILES string of the molecule is CSc1ccc(NC(=O)[C@@H]2CCCN2S(=O)(=O)c2ccc3c(c2)OCCO3)cc1. The molecule has 1 atom stereocenters. The smallest absolute Gasteiger partial charge is 0.243 e. The van der Waals surface area contributed by atoms with Crippen molar-refractivity contribution in [2.45, 2.75) is 28.7 Å². The van der Waals surface area contributed by atoms with Crippen molar-refractivity contribution in [3.63, 3.8) is 0 Å². The molecule has 29 heavy (non-hydrogen) atoms. The van der Waals surface area contributed by atoms with E-state index >= 15 is 0 Å². The van der Waals surface area contributed by atoms with Crippen LogP contribution in [0.3, 0.4) is 0 Å².